The van der Waals surface area contributed by atoms with Gasteiger partial charge in [-0.25, -0.2) is 4.39 Å². The lowest BCUT2D eigenvalue weighted by atomic mass is 9.95. The Morgan fingerprint density at radius 2 is 1.71 bits per heavy atom. The molecule has 0 aliphatic carbocycles. The van der Waals surface area contributed by atoms with Crippen LogP contribution in [0, 0.1) is 12.7 Å². The quantitative estimate of drug-likeness (QED) is 0.562. The first-order valence-corrected chi connectivity index (χ1v) is 12.6. The van der Waals surface area contributed by atoms with Crippen LogP contribution < -0.4 is 5.32 Å². The molecule has 2 aromatic carbocycles. The zero-order chi connectivity index (χ0) is 26.7. The summed E-state index contributed by atoms with van der Waals surface area (Å²) in [5.74, 6) is -1.20. The number of pyridine rings is 1. The van der Waals surface area contributed by atoms with Gasteiger partial charge in [0.2, 0.25) is 5.91 Å². The zero-order valence-electron chi connectivity index (χ0n) is 21.1. The number of nitrogens with one attached hydrogen (secondary N) is 1. The molecule has 1 aromatic heterocycles. The van der Waals surface area contributed by atoms with Crippen molar-refractivity contribution in [2.75, 3.05) is 19.7 Å². The van der Waals surface area contributed by atoms with E-state index in [-0.39, 0.29) is 24.3 Å². The molecule has 2 saturated heterocycles. The van der Waals surface area contributed by atoms with Gasteiger partial charge in [-0.3, -0.25) is 24.3 Å². The summed E-state index contributed by atoms with van der Waals surface area (Å²) in [6.45, 7) is 2.94. The van der Waals surface area contributed by atoms with Gasteiger partial charge in [0.15, 0.2) is 0 Å². The molecule has 2 fully saturated rings. The number of aromatic nitrogens is 1. The Balaban J connectivity index is 1.36. The monoisotopic (exact) mass is 516 g/mol. The van der Waals surface area contributed by atoms with Crippen molar-refractivity contribution in [3.8, 4) is 0 Å². The van der Waals surface area contributed by atoms with Crippen molar-refractivity contribution in [1.29, 1.82) is 0 Å². The maximum atomic E-state index is 13.9. The summed E-state index contributed by atoms with van der Waals surface area (Å²) < 4.78 is 19.6. The van der Waals surface area contributed by atoms with Gasteiger partial charge in [-0.2, -0.15) is 0 Å². The molecule has 3 amide bonds. The predicted octanol–water partition coefficient (Wildman–Crippen LogP) is 3.32. The van der Waals surface area contributed by atoms with E-state index in [0.29, 0.717) is 43.6 Å². The van der Waals surface area contributed by atoms with E-state index in [4.69, 9.17) is 4.74 Å². The molecular weight excluding hydrogens is 487 g/mol. The number of nitrogens with zero attached hydrogens (tertiary/aromatic N) is 3. The van der Waals surface area contributed by atoms with Gasteiger partial charge in [0.25, 0.3) is 11.8 Å². The second kappa shape index (κ2) is 10.7. The van der Waals surface area contributed by atoms with Crippen molar-refractivity contribution in [1.82, 2.24) is 20.1 Å². The summed E-state index contributed by atoms with van der Waals surface area (Å²) in [6.07, 6.45) is 4.02. The SMILES string of the molecule is Cc1cccc(C(=O)N2[C@H](C(=O)NCc3ccncc3)COC23CCN(C(=O)c2ccc(F)cc2)CC3)c1. The van der Waals surface area contributed by atoms with E-state index >= 15 is 0 Å². The fraction of sp³-hybridized carbons (Fsp3) is 0.310. The number of carbonyl (C=O) groups excluding carboxylic acids is 3. The van der Waals surface area contributed by atoms with E-state index in [1.807, 2.05) is 31.2 Å². The molecule has 196 valence electrons. The number of ether oxygens (including phenoxy) is 1. The van der Waals surface area contributed by atoms with Crippen LogP contribution in [-0.4, -0.2) is 64.0 Å². The second-order valence-electron chi connectivity index (χ2n) is 9.69. The molecule has 1 spiro atoms. The lowest BCUT2D eigenvalue weighted by Gasteiger charge is -2.44. The number of carbonyl (C=O) groups is 3. The maximum absolute atomic E-state index is 13.9. The fourth-order valence-electron chi connectivity index (χ4n) is 5.13. The first kappa shape index (κ1) is 25.5. The van der Waals surface area contributed by atoms with Crippen LogP contribution in [0.1, 0.15) is 44.7 Å². The van der Waals surface area contributed by atoms with E-state index in [1.54, 1.807) is 34.3 Å². The Labute approximate surface area is 220 Å². The van der Waals surface area contributed by atoms with E-state index < -0.39 is 17.6 Å². The van der Waals surface area contributed by atoms with Crippen molar-refractivity contribution in [3.05, 3.63) is 101 Å². The van der Waals surface area contributed by atoms with Crippen molar-refractivity contribution in [3.63, 3.8) is 0 Å². The maximum Gasteiger partial charge on any atom is 0.256 e. The Morgan fingerprint density at radius 3 is 2.39 bits per heavy atom. The average Bonchev–Trinajstić information content (AvgIpc) is 3.30. The largest absolute Gasteiger partial charge is 0.353 e. The van der Waals surface area contributed by atoms with Crippen LogP contribution in [0.3, 0.4) is 0 Å². The molecule has 38 heavy (non-hydrogen) atoms. The first-order chi connectivity index (χ1) is 18.4. The van der Waals surface area contributed by atoms with E-state index in [9.17, 15) is 18.8 Å². The van der Waals surface area contributed by atoms with Crippen LogP contribution >= 0.6 is 0 Å². The first-order valence-electron chi connectivity index (χ1n) is 12.6. The molecule has 0 radical (unpaired) electrons. The Hall–Kier alpha value is -4.11. The average molecular weight is 517 g/mol. The predicted molar refractivity (Wildman–Crippen MR) is 137 cm³/mol. The molecule has 3 heterocycles. The highest BCUT2D eigenvalue weighted by molar-refractivity contribution is 5.99. The zero-order valence-corrected chi connectivity index (χ0v) is 21.1. The van der Waals surface area contributed by atoms with Crippen LogP contribution in [-0.2, 0) is 16.1 Å². The molecule has 0 bridgehead atoms. The summed E-state index contributed by atoms with van der Waals surface area (Å²) in [7, 11) is 0. The third-order valence-corrected chi connectivity index (χ3v) is 7.19. The van der Waals surface area contributed by atoms with Crippen LogP contribution in [0.5, 0.6) is 0 Å². The van der Waals surface area contributed by atoms with Gasteiger partial charge >= 0.3 is 0 Å². The number of aryl methyl sites for hydroxylation is 1. The molecule has 5 rings (SSSR count). The third-order valence-electron chi connectivity index (χ3n) is 7.19. The van der Waals surface area contributed by atoms with Crippen LogP contribution in [0.15, 0.2) is 73.1 Å². The van der Waals surface area contributed by atoms with Gasteiger partial charge in [0, 0.05) is 56.0 Å². The number of hydrogen-bond acceptors (Lipinski definition) is 5. The van der Waals surface area contributed by atoms with Crippen molar-refractivity contribution >= 4 is 17.7 Å². The number of rotatable bonds is 5. The standard InChI is InChI=1S/C29H29FN4O4/c1-20-3-2-4-23(17-20)28(37)34-25(26(35)32-18-21-9-13-31-14-10-21)19-38-29(34)11-15-33(16-12-29)27(36)22-5-7-24(30)8-6-22/h2-10,13-14,17,25H,11-12,15-16,18-19H2,1H3,(H,32,35)/t25-/m0/s1. The van der Waals surface area contributed by atoms with Crippen LogP contribution in [0.2, 0.25) is 0 Å². The minimum atomic E-state index is -1.01. The molecule has 1 N–H and O–H groups in total. The van der Waals surface area contributed by atoms with E-state index in [0.717, 1.165) is 11.1 Å². The van der Waals surface area contributed by atoms with Gasteiger partial charge in [-0.15, -0.1) is 0 Å². The van der Waals surface area contributed by atoms with Gasteiger partial charge in [-0.05, 0) is 61.0 Å². The highest BCUT2D eigenvalue weighted by Gasteiger charge is 2.54. The molecular formula is C29H29FN4O4. The molecule has 3 aromatic rings. The Bertz CT molecular complexity index is 1320. The van der Waals surface area contributed by atoms with Gasteiger partial charge in [-0.1, -0.05) is 17.7 Å². The number of piperidine rings is 1. The molecule has 8 nitrogen and oxygen atoms in total. The van der Waals surface area contributed by atoms with Gasteiger partial charge in [0.1, 0.15) is 17.6 Å². The Kier molecular flexibility index (Phi) is 7.20. The lowest BCUT2D eigenvalue weighted by Crippen LogP contribution is -2.59. The lowest BCUT2D eigenvalue weighted by molar-refractivity contribution is -0.128. The molecule has 2 aliphatic rings. The van der Waals surface area contributed by atoms with E-state index in [2.05, 4.69) is 10.3 Å². The van der Waals surface area contributed by atoms with Crippen molar-refractivity contribution in [2.24, 2.45) is 0 Å². The summed E-state index contributed by atoms with van der Waals surface area (Å²) in [5.41, 5.74) is 1.69. The molecule has 0 unspecified atom stereocenters. The number of halogens is 1. The molecule has 9 heteroatoms. The summed E-state index contributed by atoms with van der Waals surface area (Å²) >= 11 is 0. The van der Waals surface area contributed by atoms with E-state index in [1.165, 1.54) is 24.3 Å². The normalized spacial score (nSPS) is 18.4. The Morgan fingerprint density at radius 1 is 1.00 bits per heavy atom. The summed E-state index contributed by atoms with van der Waals surface area (Å²) in [6, 6.07) is 15.5. The van der Waals surface area contributed by atoms with Crippen LogP contribution in [0.25, 0.3) is 0 Å². The van der Waals surface area contributed by atoms with Crippen LogP contribution in [0.4, 0.5) is 4.39 Å². The minimum absolute atomic E-state index is 0.0612. The third kappa shape index (κ3) is 5.15. The molecule has 2 aliphatic heterocycles. The number of likely N-dealkylation sites (tertiary alicyclic amines) is 1. The molecule has 0 saturated carbocycles. The smallest absolute Gasteiger partial charge is 0.256 e. The summed E-state index contributed by atoms with van der Waals surface area (Å²) in [5, 5.41) is 2.93. The fourth-order valence-corrected chi connectivity index (χ4v) is 5.13. The van der Waals surface area contributed by atoms with Gasteiger partial charge < -0.3 is 15.0 Å². The highest BCUT2D eigenvalue weighted by atomic mass is 19.1. The van der Waals surface area contributed by atoms with Crippen molar-refractivity contribution in [2.45, 2.75) is 38.1 Å². The topological polar surface area (TPSA) is 91.8 Å². The molecule has 1 atom stereocenters. The summed E-state index contributed by atoms with van der Waals surface area (Å²) in [4.78, 5) is 47.5. The second-order valence-corrected chi connectivity index (χ2v) is 9.69. The minimum Gasteiger partial charge on any atom is -0.353 e. The van der Waals surface area contributed by atoms with Gasteiger partial charge in [0.05, 0.1) is 6.61 Å². The van der Waals surface area contributed by atoms with Crippen molar-refractivity contribution < 1.29 is 23.5 Å². The highest BCUT2D eigenvalue weighted by Crippen LogP contribution is 2.39. The number of amides is 3. The number of hydrogen-bond donors (Lipinski definition) is 1. The number of benzene rings is 2.